The third-order valence-electron chi connectivity index (χ3n) is 4.23. The van der Waals surface area contributed by atoms with Crippen molar-refractivity contribution in [3.05, 3.63) is 94.5 Å². The highest BCUT2D eigenvalue weighted by molar-refractivity contribution is 6.32. The molecule has 1 atom stereocenters. The number of hydrogen-bond donors (Lipinski definition) is 2. The molecule has 3 aromatic rings. The molecule has 0 aromatic heterocycles. The van der Waals surface area contributed by atoms with Crippen molar-refractivity contribution in [2.24, 2.45) is 0 Å². The zero-order valence-electron chi connectivity index (χ0n) is 16.6. The van der Waals surface area contributed by atoms with Gasteiger partial charge in [0.15, 0.2) is 6.10 Å². The van der Waals surface area contributed by atoms with Crippen LogP contribution in [0.3, 0.4) is 0 Å². The number of benzene rings is 3. The highest BCUT2D eigenvalue weighted by Crippen LogP contribution is 2.24. The predicted octanol–water partition coefficient (Wildman–Crippen LogP) is 6.05. The van der Waals surface area contributed by atoms with Crippen molar-refractivity contribution in [3.63, 3.8) is 0 Å². The average Bonchev–Trinajstić information content (AvgIpc) is 2.76. The van der Waals surface area contributed by atoms with Crippen LogP contribution in [0, 0.1) is 0 Å². The number of ether oxygens (including phenoxy) is 1. The van der Waals surface area contributed by atoms with Gasteiger partial charge in [0.2, 0.25) is 5.91 Å². The van der Waals surface area contributed by atoms with Crippen LogP contribution in [0.2, 0.25) is 10.0 Å². The Kier molecular flexibility index (Phi) is 7.70. The Morgan fingerprint density at radius 2 is 1.48 bits per heavy atom. The molecule has 3 aromatic carbocycles. The molecule has 0 aliphatic heterocycles. The highest BCUT2D eigenvalue weighted by Gasteiger charge is 2.16. The number of nitrogens with one attached hydrogen (secondary N) is 2. The SMILES string of the molecule is CC(Oc1ccccc1Cl)C(=O)Nc1ccc(NC(=O)/C=C/c2ccc(Cl)cc2)cc1. The molecular weight excluding hydrogens is 435 g/mol. The van der Waals surface area contributed by atoms with Crippen LogP contribution in [0.5, 0.6) is 5.75 Å². The Hall–Kier alpha value is -3.28. The average molecular weight is 455 g/mol. The summed E-state index contributed by atoms with van der Waals surface area (Å²) in [6.45, 7) is 1.64. The van der Waals surface area contributed by atoms with Crippen LogP contribution in [0.15, 0.2) is 78.9 Å². The first-order valence-corrected chi connectivity index (χ1v) is 10.2. The fraction of sp³-hybridized carbons (Fsp3) is 0.0833. The summed E-state index contributed by atoms with van der Waals surface area (Å²) < 4.78 is 5.61. The van der Waals surface area contributed by atoms with Crippen molar-refractivity contribution in [2.75, 3.05) is 10.6 Å². The van der Waals surface area contributed by atoms with Crippen LogP contribution in [0.25, 0.3) is 6.08 Å². The maximum atomic E-state index is 12.4. The molecule has 2 amide bonds. The zero-order valence-corrected chi connectivity index (χ0v) is 18.2. The maximum Gasteiger partial charge on any atom is 0.265 e. The third-order valence-corrected chi connectivity index (χ3v) is 4.79. The van der Waals surface area contributed by atoms with Gasteiger partial charge in [0.05, 0.1) is 5.02 Å². The molecule has 0 bridgehead atoms. The normalized spacial score (nSPS) is 11.7. The van der Waals surface area contributed by atoms with E-state index in [-0.39, 0.29) is 11.8 Å². The highest BCUT2D eigenvalue weighted by atomic mass is 35.5. The van der Waals surface area contributed by atoms with Crippen molar-refractivity contribution in [2.45, 2.75) is 13.0 Å². The van der Waals surface area contributed by atoms with Gasteiger partial charge in [-0.15, -0.1) is 0 Å². The van der Waals surface area contributed by atoms with E-state index >= 15 is 0 Å². The molecule has 3 rings (SSSR count). The van der Waals surface area contributed by atoms with E-state index in [2.05, 4.69) is 10.6 Å². The van der Waals surface area contributed by atoms with Crippen LogP contribution in [-0.2, 0) is 9.59 Å². The first kappa shape index (κ1) is 22.4. The fourth-order valence-electron chi connectivity index (χ4n) is 2.59. The van der Waals surface area contributed by atoms with E-state index in [1.165, 1.54) is 6.08 Å². The van der Waals surface area contributed by atoms with Gasteiger partial charge in [0.1, 0.15) is 5.75 Å². The minimum Gasteiger partial charge on any atom is -0.479 e. The lowest BCUT2D eigenvalue weighted by Crippen LogP contribution is -2.30. The van der Waals surface area contributed by atoms with Crippen molar-refractivity contribution >= 4 is 52.5 Å². The molecule has 0 saturated carbocycles. The Morgan fingerprint density at radius 1 is 0.871 bits per heavy atom. The largest absolute Gasteiger partial charge is 0.479 e. The van der Waals surface area contributed by atoms with E-state index in [0.29, 0.717) is 27.2 Å². The summed E-state index contributed by atoms with van der Waals surface area (Å²) in [5.74, 6) is -0.146. The summed E-state index contributed by atoms with van der Waals surface area (Å²) in [6, 6.07) is 20.9. The first-order chi connectivity index (χ1) is 14.9. The Morgan fingerprint density at radius 3 is 2.13 bits per heavy atom. The third kappa shape index (κ3) is 6.88. The summed E-state index contributed by atoms with van der Waals surface area (Å²) in [5, 5.41) is 6.61. The molecular formula is C24H20Cl2N2O3. The van der Waals surface area contributed by atoms with Gasteiger partial charge in [-0.1, -0.05) is 47.5 Å². The number of halogens is 2. The Labute approximate surface area is 190 Å². The summed E-state index contributed by atoms with van der Waals surface area (Å²) in [6.07, 6.45) is 2.39. The van der Waals surface area contributed by atoms with Gasteiger partial charge in [-0.05, 0) is 67.1 Å². The Bertz CT molecular complexity index is 1080. The van der Waals surface area contributed by atoms with Crippen molar-refractivity contribution in [1.29, 1.82) is 0 Å². The smallest absolute Gasteiger partial charge is 0.265 e. The van der Waals surface area contributed by atoms with Gasteiger partial charge in [-0.25, -0.2) is 0 Å². The van der Waals surface area contributed by atoms with Gasteiger partial charge >= 0.3 is 0 Å². The van der Waals surface area contributed by atoms with E-state index in [9.17, 15) is 9.59 Å². The lowest BCUT2D eigenvalue weighted by atomic mass is 10.2. The van der Waals surface area contributed by atoms with Crippen LogP contribution in [-0.4, -0.2) is 17.9 Å². The molecule has 0 spiro atoms. The standard InChI is InChI=1S/C24H20Cl2N2O3/c1-16(31-22-5-3-2-4-21(22)26)24(30)28-20-13-11-19(12-14-20)27-23(29)15-8-17-6-9-18(25)10-7-17/h2-16H,1H3,(H,27,29)(H,28,30)/b15-8+. The second-order valence-corrected chi connectivity index (χ2v) is 7.47. The summed E-state index contributed by atoms with van der Waals surface area (Å²) >= 11 is 11.9. The second kappa shape index (κ2) is 10.7. The molecule has 0 aliphatic carbocycles. The van der Waals surface area contributed by atoms with Gasteiger partial charge in [-0.2, -0.15) is 0 Å². The van der Waals surface area contributed by atoms with Gasteiger partial charge < -0.3 is 15.4 Å². The van der Waals surface area contributed by atoms with Crippen LogP contribution < -0.4 is 15.4 Å². The number of anilines is 2. The van der Waals surface area contributed by atoms with Crippen molar-refractivity contribution in [1.82, 2.24) is 0 Å². The van der Waals surface area contributed by atoms with E-state index in [1.807, 2.05) is 12.1 Å². The molecule has 31 heavy (non-hydrogen) atoms. The predicted molar refractivity (Wildman–Crippen MR) is 126 cm³/mol. The van der Waals surface area contributed by atoms with Gasteiger partial charge in [0, 0.05) is 22.5 Å². The summed E-state index contributed by atoms with van der Waals surface area (Å²) in [7, 11) is 0. The molecule has 0 fully saturated rings. The lowest BCUT2D eigenvalue weighted by Gasteiger charge is -2.15. The molecule has 0 aliphatic rings. The van der Waals surface area contributed by atoms with E-state index in [0.717, 1.165) is 5.56 Å². The summed E-state index contributed by atoms with van der Waals surface area (Å²) in [5.41, 5.74) is 2.05. The van der Waals surface area contributed by atoms with Crippen molar-refractivity contribution < 1.29 is 14.3 Å². The van der Waals surface area contributed by atoms with Gasteiger partial charge in [0.25, 0.3) is 5.91 Å². The van der Waals surface area contributed by atoms with E-state index in [1.54, 1.807) is 73.7 Å². The molecule has 0 saturated heterocycles. The molecule has 5 nitrogen and oxygen atoms in total. The molecule has 1 unspecified atom stereocenters. The number of para-hydroxylation sites is 1. The molecule has 0 radical (unpaired) electrons. The monoisotopic (exact) mass is 454 g/mol. The number of hydrogen-bond acceptors (Lipinski definition) is 3. The number of amides is 2. The second-order valence-electron chi connectivity index (χ2n) is 6.63. The van der Waals surface area contributed by atoms with E-state index in [4.69, 9.17) is 27.9 Å². The maximum absolute atomic E-state index is 12.4. The number of rotatable bonds is 7. The molecule has 158 valence electrons. The molecule has 7 heteroatoms. The topological polar surface area (TPSA) is 67.4 Å². The van der Waals surface area contributed by atoms with Crippen molar-refractivity contribution in [3.8, 4) is 5.75 Å². The Balaban J connectivity index is 1.52. The van der Waals surface area contributed by atoms with E-state index < -0.39 is 6.10 Å². The number of carbonyl (C=O) groups is 2. The first-order valence-electron chi connectivity index (χ1n) is 9.47. The lowest BCUT2D eigenvalue weighted by molar-refractivity contribution is -0.122. The minimum absolute atomic E-state index is 0.270. The minimum atomic E-state index is -0.739. The number of carbonyl (C=O) groups excluding carboxylic acids is 2. The fourth-order valence-corrected chi connectivity index (χ4v) is 2.90. The molecule has 0 heterocycles. The van der Waals surface area contributed by atoms with Gasteiger partial charge in [-0.3, -0.25) is 9.59 Å². The van der Waals surface area contributed by atoms with Crippen LogP contribution in [0.4, 0.5) is 11.4 Å². The summed E-state index contributed by atoms with van der Waals surface area (Å²) in [4.78, 5) is 24.5. The quantitative estimate of drug-likeness (QED) is 0.426. The zero-order chi connectivity index (χ0) is 22.2. The molecule has 2 N–H and O–H groups in total. The van der Waals surface area contributed by atoms with Crippen LogP contribution in [0.1, 0.15) is 12.5 Å². The van der Waals surface area contributed by atoms with Crippen LogP contribution >= 0.6 is 23.2 Å².